The molecule has 0 radical (unpaired) electrons. The second-order valence-corrected chi connectivity index (χ2v) is 37.8. The lowest BCUT2D eigenvalue weighted by atomic mass is 9.97. The Morgan fingerprint density at radius 2 is 0.248 bits per heavy atom. The fourth-order valence-corrected chi connectivity index (χ4v) is 15.1. The average molecular weight is 1780 g/mol. The third-order valence-electron chi connectivity index (χ3n) is 24.3. The molecule has 0 aliphatic carbocycles. The van der Waals surface area contributed by atoms with Gasteiger partial charge in [-0.1, -0.05) is 524 Å². The van der Waals surface area contributed by atoms with Crippen LogP contribution in [0.4, 0.5) is 0 Å². The molecule has 0 saturated heterocycles. The van der Waals surface area contributed by atoms with Gasteiger partial charge in [0.25, 0.3) is 0 Å². The van der Waals surface area contributed by atoms with Gasteiger partial charge in [-0.15, -0.1) is 0 Å². The van der Waals surface area contributed by atoms with Crippen LogP contribution in [-0.4, -0.2) is 118 Å². The van der Waals surface area contributed by atoms with Crippen LogP contribution < -0.4 is 47.9 Å². The van der Waals surface area contributed by atoms with Crippen LogP contribution in [0.3, 0.4) is 0 Å². The summed E-state index contributed by atoms with van der Waals surface area (Å²) in [5.41, 5.74) is 0. The maximum absolute atomic E-state index is 3.71. The molecule has 0 aromatic rings. The summed E-state index contributed by atoms with van der Waals surface area (Å²) in [5.74, 6) is 1.80. The summed E-state index contributed by atoms with van der Waals surface area (Å²) in [6.45, 7) is 66.8. The second kappa shape index (κ2) is 158. The molecule has 0 spiro atoms. The summed E-state index contributed by atoms with van der Waals surface area (Å²) in [4.78, 5) is 0. The van der Waals surface area contributed by atoms with Crippen LogP contribution in [0.15, 0.2) is 0 Å². The molecule has 0 rings (SSSR count). The van der Waals surface area contributed by atoms with Gasteiger partial charge in [-0.05, 0) is 232 Å². The molecule has 0 aliphatic heterocycles. The molecular weight excluding hydrogens is 1520 g/mol. The third kappa shape index (κ3) is 177. The first kappa shape index (κ1) is 142. The number of unbranched alkanes of at least 4 members (excludes halogenated alkanes) is 56. The molecule has 125 heavy (non-hydrogen) atoms. The van der Waals surface area contributed by atoms with E-state index in [9.17, 15) is 0 Å². The first-order chi connectivity index (χ1) is 61.6. The van der Waals surface area contributed by atoms with Crippen LogP contribution >= 0.6 is 0 Å². The quantitative estimate of drug-likeness (QED) is 0.0275. The van der Waals surface area contributed by atoms with Gasteiger partial charge in [0.15, 0.2) is 0 Å². The van der Waals surface area contributed by atoms with E-state index >= 15 is 0 Å². The van der Waals surface area contributed by atoms with Gasteiger partial charge < -0.3 is 47.9 Å². The van der Waals surface area contributed by atoms with Crippen molar-refractivity contribution >= 4 is 0 Å². The molecule has 0 aliphatic rings. The molecule has 0 bridgehead atoms. The van der Waals surface area contributed by atoms with Crippen molar-refractivity contribution in [2.45, 2.75) is 626 Å². The molecule has 0 aromatic carbocycles. The molecule has 0 aromatic heterocycles. The Kier molecular flexibility index (Phi) is 180. The van der Waals surface area contributed by atoms with E-state index < -0.39 is 0 Å². The first-order valence-electron chi connectivity index (χ1n) is 59.0. The Morgan fingerprint density at radius 3 is 0.400 bits per heavy atom. The molecule has 9 N–H and O–H groups in total. The molecule has 768 valence electrons. The van der Waals surface area contributed by atoms with Crippen molar-refractivity contribution in [1.29, 1.82) is 0 Å². The molecule has 0 saturated carbocycles. The van der Waals surface area contributed by atoms with Crippen molar-refractivity contribution in [3.63, 3.8) is 0 Å². The SMILES string of the molecule is CCCCC(CC)CNCC(CC)CCCC.CCCCCCCCCCCCNCCCCCCCCCCCC.CCCCCCCCCCNCCCCCCCCCC.CCCCCCCCNCCCCCCCC.CCCCCCNCCCCCC.CCCCCNCCCCC.CCCCNCCCC.CCCNCCC.CCNCC. The number of hydrogen-bond donors (Lipinski definition) is 9. The normalized spacial score (nSPS) is 11.2. The molecule has 0 amide bonds. The smallest absolute Gasteiger partial charge is 0.00205 e. The minimum absolute atomic E-state index is 0.902. The highest BCUT2D eigenvalue weighted by Crippen LogP contribution is 2.17. The highest BCUT2D eigenvalue weighted by atomic mass is 14.9. The van der Waals surface area contributed by atoms with E-state index in [4.69, 9.17) is 0 Å². The number of nitrogens with one attached hydrogen (secondary N) is 9. The summed E-state index contributed by atoms with van der Waals surface area (Å²) in [6.07, 6.45) is 106. The summed E-state index contributed by atoms with van der Waals surface area (Å²) < 4.78 is 0. The predicted octanol–water partition coefficient (Wildman–Crippen LogP) is 36.5. The Labute approximate surface area is 799 Å². The first-order valence-corrected chi connectivity index (χ1v) is 59.0. The zero-order chi connectivity index (χ0) is 94.0. The highest BCUT2D eigenvalue weighted by Gasteiger charge is 2.09. The van der Waals surface area contributed by atoms with Gasteiger partial charge in [0.05, 0.1) is 0 Å². The summed E-state index contributed by atoms with van der Waals surface area (Å²) in [5, 5.41) is 31.3. The summed E-state index contributed by atoms with van der Waals surface area (Å²) >= 11 is 0. The molecular formula is C116H259N9. The Morgan fingerprint density at radius 1 is 0.112 bits per heavy atom. The van der Waals surface area contributed by atoms with Crippen molar-refractivity contribution < 1.29 is 0 Å². The van der Waals surface area contributed by atoms with E-state index in [1.807, 2.05) is 0 Å². The highest BCUT2D eigenvalue weighted by molar-refractivity contribution is 4.66. The van der Waals surface area contributed by atoms with Gasteiger partial charge in [0.1, 0.15) is 0 Å². The lowest BCUT2D eigenvalue weighted by Crippen LogP contribution is -2.28. The van der Waals surface area contributed by atoms with Crippen LogP contribution in [0.2, 0.25) is 0 Å². The van der Waals surface area contributed by atoms with E-state index in [-0.39, 0.29) is 0 Å². The monoisotopic (exact) mass is 1780 g/mol. The fourth-order valence-electron chi connectivity index (χ4n) is 15.1. The zero-order valence-corrected chi connectivity index (χ0v) is 92.1. The Balaban J connectivity index is -0.000000178. The Bertz CT molecular complexity index is 1420. The van der Waals surface area contributed by atoms with Crippen LogP contribution in [0.1, 0.15) is 626 Å². The minimum atomic E-state index is 0.902. The second-order valence-electron chi connectivity index (χ2n) is 37.8. The van der Waals surface area contributed by atoms with E-state index in [1.165, 1.54) is 593 Å². The van der Waals surface area contributed by atoms with Crippen molar-refractivity contribution in [1.82, 2.24) is 47.9 Å². The van der Waals surface area contributed by atoms with E-state index in [1.54, 1.807) is 0 Å². The lowest BCUT2D eigenvalue weighted by molar-refractivity contribution is 0.372. The maximum atomic E-state index is 3.71. The molecule has 0 fully saturated rings. The van der Waals surface area contributed by atoms with Gasteiger partial charge in [-0.2, -0.15) is 0 Å². The van der Waals surface area contributed by atoms with E-state index in [0.29, 0.717) is 0 Å². The van der Waals surface area contributed by atoms with Crippen LogP contribution in [0, 0.1) is 11.8 Å². The standard InChI is InChI=1S/C24H51N.C20H43N.2C16H35N.C12H27N.C10H23N.C8H19N.C6H15N.C4H11N/c1-3-5-7-9-11-13-15-17-19-21-23-25-24-22-20-18-16-14-12-10-8-6-4-2;1-3-5-7-9-11-13-15-17-19-21-20-18-16-14-12-10-8-6-4-2;1-5-9-11-15(7-3)13-17-14-16(8-4)12-10-6-2;1-3-5-7-9-11-13-15-17-16-14-12-10-8-6-4-2;1-3-5-7-9-11-13-12-10-8-6-4-2;1-3-5-7-9-11-10-8-6-4-2;1-3-5-7-9-8-6-4-2;1-3-5-7-6-4-2;1-3-5-4-2/h25H,3-24H2,1-2H3;21H,3-20H2,1-2H3;15-17H,5-14H2,1-4H3;17H,3-16H2,1-2H3;13H,3-12H2,1-2H3;11H,3-10H2,1-2H3;9H,3-8H2,1-2H3;7H,3-6H2,1-2H3;5H,3-4H2,1-2H3. The lowest BCUT2D eigenvalue weighted by Gasteiger charge is -2.19. The molecule has 2 unspecified atom stereocenters. The van der Waals surface area contributed by atoms with Gasteiger partial charge in [-0.25, -0.2) is 0 Å². The van der Waals surface area contributed by atoms with Crippen LogP contribution in [0.5, 0.6) is 0 Å². The third-order valence-corrected chi connectivity index (χ3v) is 24.3. The zero-order valence-electron chi connectivity index (χ0n) is 92.1. The summed E-state index contributed by atoms with van der Waals surface area (Å²) in [7, 11) is 0. The van der Waals surface area contributed by atoms with Crippen molar-refractivity contribution in [3.8, 4) is 0 Å². The van der Waals surface area contributed by atoms with Gasteiger partial charge in [0, 0.05) is 0 Å². The number of rotatable bonds is 96. The van der Waals surface area contributed by atoms with E-state index in [2.05, 4.69) is 186 Å². The molecule has 2 atom stereocenters. The van der Waals surface area contributed by atoms with Crippen molar-refractivity contribution in [2.75, 3.05) is 118 Å². The molecule has 9 nitrogen and oxygen atoms in total. The molecule has 9 heteroatoms. The number of hydrogen-bond acceptors (Lipinski definition) is 9. The van der Waals surface area contributed by atoms with Crippen LogP contribution in [0.25, 0.3) is 0 Å². The van der Waals surface area contributed by atoms with Crippen molar-refractivity contribution in [3.05, 3.63) is 0 Å². The Hall–Kier alpha value is -0.360. The maximum Gasteiger partial charge on any atom is -0.00205 e. The van der Waals surface area contributed by atoms with E-state index in [0.717, 1.165) is 24.9 Å². The predicted molar refractivity (Wildman–Crippen MR) is 587 cm³/mol. The fraction of sp³-hybridized carbons (Fsp3) is 1.00. The minimum Gasteiger partial charge on any atom is -0.317 e. The topological polar surface area (TPSA) is 108 Å². The van der Waals surface area contributed by atoms with Gasteiger partial charge >= 0.3 is 0 Å². The average Bonchev–Trinajstić information content (AvgIpc) is 0.989. The molecule has 0 heterocycles. The van der Waals surface area contributed by atoms with Gasteiger partial charge in [0.2, 0.25) is 0 Å². The largest absolute Gasteiger partial charge is 0.317 e. The van der Waals surface area contributed by atoms with Gasteiger partial charge in [-0.3, -0.25) is 0 Å². The van der Waals surface area contributed by atoms with Crippen molar-refractivity contribution in [2.24, 2.45) is 11.8 Å². The van der Waals surface area contributed by atoms with Crippen LogP contribution in [-0.2, 0) is 0 Å². The summed E-state index contributed by atoms with van der Waals surface area (Å²) in [6, 6.07) is 0.